The van der Waals surface area contributed by atoms with Gasteiger partial charge in [-0.15, -0.1) is 0 Å². The molecule has 30 heavy (non-hydrogen) atoms. The lowest BCUT2D eigenvalue weighted by molar-refractivity contribution is -0.142. The van der Waals surface area contributed by atoms with Gasteiger partial charge in [0.15, 0.2) is 0 Å². The maximum absolute atomic E-state index is 11.8. The maximum Gasteiger partial charge on any atom is 0.331 e. The molecule has 0 unspecified atom stereocenters. The Balaban J connectivity index is 2.73. The number of carbonyl (C=O) groups excluding carboxylic acids is 1. The van der Waals surface area contributed by atoms with Crippen LogP contribution in [-0.4, -0.2) is 56.9 Å². The van der Waals surface area contributed by atoms with Gasteiger partial charge >= 0.3 is 5.97 Å². The molecule has 0 bridgehead atoms. The second-order valence-corrected chi connectivity index (χ2v) is 7.21. The molecule has 0 aromatic heterocycles. The van der Waals surface area contributed by atoms with E-state index < -0.39 is 30.4 Å². The fourth-order valence-electron chi connectivity index (χ4n) is 2.66. The highest BCUT2D eigenvalue weighted by Crippen LogP contribution is 2.08. The van der Waals surface area contributed by atoms with Crippen molar-refractivity contribution < 1.29 is 30.0 Å². The highest BCUT2D eigenvalue weighted by Gasteiger charge is 2.16. The summed E-state index contributed by atoms with van der Waals surface area (Å²) in [6.45, 7) is 1.85. The predicted molar refractivity (Wildman–Crippen MR) is 118 cm³/mol. The molecule has 1 aliphatic rings. The van der Waals surface area contributed by atoms with Gasteiger partial charge in [0.05, 0.1) is 30.5 Å². The van der Waals surface area contributed by atoms with Gasteiger partial charge in [-0.2, -0.15) is 0 Å². The zero-order valence-electron chi connectivity index (χ0n) is 17.5. The van der Waals surface area contributed by atoms with E-state index in [0.717, 1.165) is 19.3 Å². The Labute approximate surface area is 178 Å². The Morgan fingerprint density at radius 2 is 1.53 bits per heavy atom. The second kappa shape index (κ2) is 15.6. The standard InChI is InChI=1S/C24H34O6/c1-19-12-6-3-2-4-7-15-21(26)18-23(28)22(27)16-11-10-14-20(25)13-8-5-9-17-24(29)30-19/h2,4-5,7-11,14-17,19-23,25-28H,3,6,12-13,18H2,1H3/b4-2+,8-5+,14-10+,15-7+,16-11-,17-9-/t19-,20+,21+,22-,23-/m1/s1. The fourth-order valence-corrected chi connectivity index (χ4v) is 2.66. The van der Waals surface area contributed by atoms with Gasteiger partial charge in [-0.1, -0.05) is 66.8 Å². The highest BCUT2D eigenvalue weighted by molar-refractivity contribution is 5.82. The van der Waals surface area contributed by atoms with Crippen molar-refractivity contribution in [2.45, 2.75) is 69.5 Å². The van der Waals surface area contributed by atoms with Crippen molar-refractivity contribution in [2.24, 2.45) is 0 Å². The average Bonchev–Trinajstić information content (AvgIpc) is 2.69. The van der Waals surface area contributed by atoms with E-state index in [4.69, 9.17) is 4.74 Å². The summed E-state index contributed by atoms with van der Waals surface area (Å²) in [6.07, 6.45) is 18.1. The van der Waals surface area contributed by atoms with Gasteiger partial charge in [-0.25, -0.2) is 4.79 Å². The van der Waals surface area contributed by atoms with Crippen molar-refractivity contribution in [1.82, 2.24) is 0 Å². The number of allylic oxidation sites excluding steroid dienone is 7. The van der Waals surface area contributed by atoms with Crippen LogP contribution in [-0.2, 0) is 9.53 Å². The van der Waals surface area contributed by atoms with Gasteiger partial charge in [0.1, 0.15) is 0 Å². The summed E-state index contributed by atoms with van der Waals surface area (Å²) in [5.74, 6) is -0.402. The lowest BCUT2D eigenvalue weighted by Crippen LogP contribution is -2.27. The second-order valence-electron chi connectivity index (χ2n) is 7.21. The van der Waals surface area contributed by atoms with Gasteiger partial charge in [-0.05, 0) is 32.6 Å². The Kier molecular flexibility index (Phi) is 13.4. The van der Waals surface area contributed by atoms with Gasteiger partial charge in [-0.3, -0.25) is 0 Å². The molecule has 1 aliphatic heterocycles. The Bertz CT molecular complexity index is 659. The molecular weight excluding hydrogens is 384 g/mol. The number of rotatable bonds is 0. The summed E-state index contributed by atoms with van der Waals surface area (Å²) in [4.78, 5) is 11.8. The molecule has 0 aliphatic carbocycles. The molecule has 4 N–H and O–H groups in total. The van der Waals surface area contributed by atoms with Crippen LogP contribution in [0.2, 0.25) is 0 Å². The molecule has 0 aromatic carbocycles. The van der Waals surface area contributed by atoms with E-state index >= 15 is 0 Å². The van der Waals surface area contributed by atoms with Crippen LogP contribution in [0.1, 0.15) is 39.0 Å². The van der Waals surface area contributed by atoms with Crippen LogP contribution in [0.3, 0.4) is 0 Å². The van der Waals surface area contributed by atoms with E-state index in [0.29, 0.717) is 6.42 Å². The first kappa shape index (κ1) is 25.8. The number of hydrogen-bond donors (Lipinski definition) is 4. The molecule has 1 heterocycles. The molecule has 0 saturated carbocycles. The molecule has 0 spiro atoms. The molecule has 0 saturated heterocycles. The van der Waals surface area contributed by atoms with Gasteiger partial charge < -0.3 is 25.2 Å². The average molecular weight is 419 g/mol. The third-order valence-electron chi connectivity index (χ3n) is 4.37. The Hall–Kier alpha value is -2.25. The fraction of sp³-hybridized carbons (Fsp3) is 0.458. The smallest absolute Gasteiger partial charge is 0.331 e. The first-order chi connectivity index (χ1) is 14.4. The third kappa shape index (κ3) is 13.1. The Morgan fingerprint density at radius 1 is 0.867 bits per heavy atom. The number of aliphatic hydroxyl groups is 4. The maximum atomic E-state index is 11.8. The molecule has 6 heteroatoms. The molecule has 0 aromatic rings. The Morgan fingerprint density at radius 3 is 2.33 bits per heavy atom. The van der Waals surface area contributed by atoms with Crippen LogP contribution in [0.25, 0.3) is 0 Å². The van der Waals surface area contributed by atoms with Crippen molar-refractivity contribution in [2.75, 3.05) is 0 Å². The zero-order valence-corrected chi connectivity index (χ0v) is 17.5. The van der Waals surface area contributed by atoms with Gasteiger partial charge in [0.25, 0.3) is 0 Å². The van der Waals surface area contributed by atoms with E-state index in [1.54, 1.807) is 42.5 Å². The van der Waals surface area contributed by atoms with Crippen molar-refractivity contribution in [3.8, 4) is 0 Å². The summed E-state index contributed by atoms with van der Waals surface area (Å²) in [5.41, 5.74) is 0. The van der Waals surface area contributed by atoms with E-state index in [1.807, 2.05) is 19.1 Å². The molecule has 0 radical (unpaired) electrons. The minimum Gasteiger partial charge on any atom is -0.460 e. The summed E-state index contributed by atoms with van der Waals surface area (Å²) in [6, 6.07) is 0. The number of aliphatic hydroxyl groups excluding tert-OH is 4. The molecule has 1 rings (SSSR count). The highest BCUT2D eigenvalue weighted by atomic mass is 16.5. The summed E-state index contributed by atoms with van der Waals surface area (Å²) in [5, 5.41) is 39.7. The summed E-state index contributed by atoms with van der Waals surface area (Å²) in [7, 11) is 0. The molecule has 5 atom stereocenters. The lowest BCUT2D eigenvalue weighted by atomic mass is 10.1. The van der Waals surface area contributed by atoms with E-state index in [-0.39, 0.29) is 12.5 Å². The lowest BCUT2D eigenvalue weighted by Gasteiger charge is -2.16. The number of ether oxygens (including phenoxy) is 1. The molecule has 0 amide bonds. The minimum atomic E-state index is -1.12. The monoisotopic (exact) mass is 418 g/mol. The molecule has 6 nitrogen and oxygen atoms in total. The quantitative estimate of drug-likeness (QED) is 0.451. The number of carbonyl (C=O) groups is 1. The number of cyclic esters (lactones) is 1. The molecule has 0 fully saturated rings. The zero-order chi connectivity index (χ0) is 22.2. The topological polar surface area (TPSA) is 107 Å². The van der Waals surface area contributed by atoms with Gasteiger partial charge in [0.2, 0.25) is 0 Å². The largest absolute Gasteiger partial charge is 0.460 e. The number of hydrogen-bond acceptors (Lipinski definition) is 6. The van der Waals surface area contributed by atoms with E-state index in [9.17, 15) is 25.2 Å². The first-order valence-electron chi connectivity index (χ1n) is 10.3. The van der Waals surface area contributed by atoms with Crippen molar-refractivity contribution >= 4 is 5.97 Å². The normalized spacial score (nSPS) is 37.1. The minimum absolute atomic E-state index is 0.00335. The van der Waals surface area contributed by atoms with Crippen LogP contribution >= 0.6 is 0 Å². The first-order valence-corrected chi connectivity index (χ1v) is 10.3. The predicted octanol–water partition coefficient (Wildman–Crippen LogP) is 2.66. The molecule has 166 valence electrons. The number of esters is 1. The summed E-state index contributed by atoms with van der Waals surface area (Å²) < 4.78 is 5.30. The van der Waals surface area contributed by atoms with Crippen molar-refractivity contribution in [1.29, 1.82) is 0 Å². The van der Waals surface area contributed by atoms with Crippen LogP contribution in [0, 0.1) is 0 Å². The van der Waals surface area contributed by atoms with Crippen LogP contribution in [0.15, 0.2) is 72.9 Å². The molecular formula is C24H34O6. The van der Waals surface area contributed by atoms with Crippen molar-refractivity contribution in [3.63, 3.8) is 0 Å². The van der Waals surface area contributed by atoms with E-state index in [1.165, 1.54) is 18.2 Å². The van der Waals surface area contributed by atoms with Crippen molar-refractivity contribution in [3.05, 3.63) is 72.9 Å². The van der Waals surface area contributed by atoms with Crippen LogP contribution < -0.4 is 0 Å². The summed E-state index contributed by atoms with van der Waals surface area (Å²) >= 11 is 0. The third-order valence-corrected chi connectivity index (χ3v) is 4.37. The van der Waals surface area contributed by atoms with E-state index in [2.05, 4.69) is 0 Å². The van der Waals surface area contributed by atoms with Crippen LogP contribution in [0.4, 0.5) is 0 Å². The van der Waals surface area contributed by atoms with Gasteiger partial charge in [0, 0.05) is 12.5 Å². The SMILES string of the molecule is C[C@@H]1CCC/C=C/C=C/[C@H](O)C[C@@H](O)[C@H](O)/C=C\C=C\[C@@H](O)C/C=C/C=C\C(=O)O1. The van der Waals surface area contributed by atoms with Crippen LogP contribution in [0.5, 0.6) is 0 Å².